The summed E-state index contributed by atoms with van der Waals surface area (Å²) in [7, 11) is 0. The van der Waals surface area contributed by atoms with Crippen molar-refractivity contribution in [2.45, 2.75) is 51.0 Å². The molecule has 0 aromatic carbocycles. The number of rotatable bonds is 4. The zero-order valence-corrected chi connectivity index (χ0v) is 8.62. The highest BCUT2D eigenvalue weighted by Crippen LogP contribution is 2.31. The smallest absolute Gasteiger partial charge is 0.228 e. The third-order valence-electron chi connectivity index (χ3n) is 2.84. The molecule has 0 bridgehead atoms. The maximum absolute atomic E-state index is 6.09. The van der Waals surface area contributed by atoms with Crippen LogP contribution in [-0.4, -0.2) is 15.7 Å². The normalized spacial score (nSPS) is 19.3. The molecule has 0 atom stereocenters. The van der Waals surface area contributed by atoms with Gasteiger partial charge in [-0.3, -0.25) is 0 Å². The quantitative estimate of drug-likeness (QED) is 0.789. The lowest BCUT2D eigenvalue weighted by Crippen LogP contribution is -2.48. The minimum Gasteiger partial charge on any atom is -0.339 e. The second kappa shape index (κ2) is 3.69. The number of hydrogen-bond donors (Lipinski definition) is 1. The molecule has 0 saturated heterocycles. The Morgan fingerprint density at radius 3 is 2.86 bits per heavy atom. The molecule has 1 aromatic rings. The fourth-order valence-corrected chi connectivity index (χ4v) is 1.80. The minimum absolute atomic E-state index is 0.0595. The van der Waals surface area contributed by atoms with Crippen molar-refractivity contribution in [3.8, 4) is 0 Å². The Morgan fingerprint density at radius 2 is 2.29 bits per heavy atom. The maximum atomic E-state index is 6.09. The van der Waals surface area contributed by atoms with E-state index in [1.54, 1.807) is 0 Å². The fourth-order valence-electron chi connectivity index (χ4n) is 1.80. The SMILES string of the molecule is CCCc1noc(CC2(N)CCC2)n1. The lowest BCUT2D eigenvalue weighted by Gasteiger charge is -2.36. The van der Waals surface area contributed by atoms with E-state index in [1.807, 2.05) is 0 Å². The van der Waals surface area contributed by atoms with Crippen LogP contribution < -0.4 is 5.73 Å². The topological polar surface area (TPSA) is 64.9 Å². The van der Waals surface area contributed by atoms with E-state index >= 15 is 0 Å². The Bertz CT molecular complexity index is 304. The number of nitrogens with two attached hydrogens (primary N) is 1. The van der Waals surface area contributed by atoms with Gasteiger partial charge in [-0.05, 0) is 25.7 Å². The lowest BCUT2D eigenvalue weighted by molar-refractivity contribution is 0.221. The van der Waals surface area contributed by atoms with Gasteiger partial charge in [0.1, 0.15) is 0 Å². The average Bonchev–Trinajstić information content (AvgIpc) is 2.51. The van der Waals surface area contributed by atoms with Crippen molar-refractivity contribution in [1.82, 2.24) is 10.1 Å². The van der Waals surface area contributed by atoms with Crippen LogP contribution in [0.4, 0.5) is 0 Å². The van der Waals surface area contributed by atoms with Gasteiger partial charge >= 0.3 is 0 Å². The van der Waals surface area contributed by atoms with Crippen LogP contribution in [0.3, 0.4) is 0 Å². The maximum Gasteiger partial charge on any atom is 0.228 e. The first kappa shape index (κ1) is 9.65. The second-order valence-electron chi connectivity index (χ2n) is 4.25. The van der Waals surface area contributed by atoms with Gasteiger partial charge in [0.2, 0.25) is 5.89 Å². The molecule has 1 saturated carbocycles. The number of aryl methyl sites for hydroxylation is 1. The van der Waals surface area contributed by atoms with Crippen molar-refractivity contribution in [1.29, 1.82) is 0 Å². The highest BCUT2D eigenvalue weighted by molar-refractivity contribution is 5.00. The van der Waals surface area contributed by atoms with E-state index in [0.717, 1.165) is 37.9 Å². The molecule has 1 aromatic heterocycles. The van der Waals surface area contributed by atoms with Crippen molar-refractivity contribution < 1.29 is 4.52 Å². The summed E-state index contributed by atoms with van der Waals surface area (Å²) in [4.78, 5) is 4.31. The molecule has 1 heterocycles. The first-order valence-corrected chi connectivity index (χ1v) is 5.32. The molecule has 0 aliphatic heterocycles. The van der Waals surface area contributed by atoms with E-state index in [4.69, 9.17) is 10.3 Å². The summed E-state index contributed by atoms with van der Waals surface area (Å²) in [5.74, 6) is 1.51. The van der Waals surface area contributed by atoms with Crippen LogP contribution in [0.2, 0.25) is 0 Å². The third kappa shape index (κ3) is 1.95. The average molecular weight is 195 g/mol. The Morgan fingerprint density at radius 1 is 1.50 bits per heavy atom. The van der Waals surface area contributed by atoms with Gasteiger partial charge in [-0.2, -0.15) is 4.98 Å². The van der Waals surface area contributed by atoms with Gasteiger partial charge in [-0.1, -0.05) is 12.1 Å². The highest BCUT2D eigenvalue weighted by Gasteiger charge is 2.34. The standard InChI is InChI=1S/C10H17N3O/c1-2-4-8-12-9(14-13-8)7-10(11)5-3-6-10/h2-7,11H2,1H3. The van der Waals surface area contributed by atoms with Crippen LogP contribution in [0.5, 0.6) is 0 Å². The Labute approximate surface area is 83.9 Å². The molecule has 78 valence electrons. The van der Waals surface area contributed by atoms with Crippen LogP contribution in [0.1, 0.15) is 44.3 Å². The predicted octanol–water partition coefficient (Wildman–Crippen LogP) is 1.45. The summed E-state index contributed by atoms with van der Waals surface area (Å²) < 4.78 is 5.15. The summed E-state index contributed by atoms with van der Waals surface area (Å²) >= 11 is 0. The van der Waals surface area contributed by atoms with Crippen LogP contribution in [0.25, 0.3) is 0 Å². The lowest BCUT2D eigenvalue weighted by atomic mass is 9.75. The van der Waals surface area contributed by atoms with E-state index in [9.17, 15) is 0 Å². The highest BCUT2D eigenvalue weighted by atomic mass is 16.5. The molecule has 14 heavy (non-hydrogen) atoms. The van der Waals surface area contributed by atoms with Gasteiger partial charge in [0.25, 0.3) is 0 Å². The molecule has 0 spiro atoms. The van der Waals surface area contributed by atoms with E-state index < -0.39 is 0 Å². The minimum atomic E-state index is -0.0595. The molecule has 4 nitrogen and oxygen atoms in total. The third-order valence-corrected chi connectivity index (χ3v) is 2.84. The van der Waals surface area contributed by atoms with Gasteiger partial charge in [0.15, 0.2) is 5.82 Å². The zero-order valence-electron chi connectivity index (χ0n) is 8.62. The summed E-state index contributed by atoms with van der Waals surface area (Å²) in [5, 5.41) is 3.91. The molecule has 1 fully saturated rings. The van der Waals surface area contributed by atoms with Crippen molar-refractivity contribution in [2.75, 3.05) is 0 Å². The Kier molecular flexibility index (Phi) is 2.54. The van der Waals surface area contributed by atoms with Gasteiger partial charge < -0.3 is 10.3 Å². The van der Waals surface area contributed by atoms with Crippen LogP contribution >= 0.6 is 0 Å². The van der Waals surface area contributed by atoms with Crippen LogP contribution in [-0.2, 0) is 12.8 Å². The van der Waals surface area contributed by atoms with Gasteiger partial charge in [-0.15, -0.1) is 0 Å². The second-order valence-corrected chi connectivity index (χ2v) is 4.25. The Balaban J connectivity index is 1.95. The summed E-state index contributed by atoms with van der Waals surface area (Å²) in [5.41, 5.74) is 6.03. The molecule has 0 radical (unpaired) electrons. The van der Waals surface area contributed by atoms with Crippen molar-refractivity contribution >= 4 is 0 Å². The van der Waals surface area contributed by atoms with Gasteiger partial charge in [0, 0.05) is 18.4 Å². The first-order valence-electron chi connectivity index (χ1n) is 5.32. The van der Waals surface area contributed by atoms with E-state index in [2.05, 4.69) is 17.1 Å². The van der Waals surface area contributed by atoms with E-state index in [1.165, 1.54) is 6.42 Å². The van der Waals surface area contributed by atoms with Gasteiger partial charge in [-0.25, -0.2) is 0 Å². The molecular weight excluding hydrogens is 178 g/mol. The van der Waals surface area contributed by atoms with Crippen LogP contribution in [0, 0.1) is 0 Å². The fraction of sp³-hybridized carbons (Fsp3) is 0.800. The first-order chi connectivity index (χ1) is 6.72. The van der Waals surface area contributed by atoms with Gasteiger partial charge in [0.05, 0.1) is 0 Å². The molecule has 2 N–H and O–H groups in total. The molecule has 0 unspecified atom stereocenters. The molecule has 4 heteroatoms. The molecule has 0 amide bonds. The largest absolute Gasteiger partial charge is 0.339 e. The summed E-state index contributed by atoms with van der Waals surface area (Å²) in [6, 6.07) is 0. The predicted molar refractivity (Wildman–Crippen MR) is 52.8 cm³/mol. The molecule has 1 aliphatic rings. The zero-order chi connectivity index (χ0) is 10.0. The van der Waals surface area contributed by atoms with E-state index in [-0.39, 0.29) is 5.54 Å². The van der Waals surface area contributed by atoms with Crippen molar-refractivity contribution in [2.24, 2.45) is 5.73 Å². The van der Waals surface area contributed by atoms with Crippen molar-refractivity contribution in [3.05, 3.63) is 11.7 Å². The van der Waals surface area contributed by atoms with Crippen molar-refractivity contribution in [3.63, 3.8) is 0 Å². The summed E-state index contributed by atoms with van der Waals surface area (Å²) in [6.45, 7) is 2.10. The molecular formula is C10H17N3O. The number of hydrogen-bond acceptors (Lipinski definition) is 4. The Hall–Kier alpha value is -0.900. The van der Waals surface area contributed by atoms with Crippen LogP contribution in [0.15, 0.2) is 4.52 Å². The summed E-state index contributed by atoms with van der Waals surface area (Å²) in [6.07, 6.45) is 6.07. The molecule has 2 rings (SSSR count). The molecule has 1 aliphatic carbocycles. The monoisotopic (exact) mass is 195 g/mol. The number of aromatic nitrogens is 2. The van der Waals surface area contributed by atoms with E-state index in [0.29, 0.717) is 5.89 Å². The number of nitrogens with zero attached hydrogens (tertiary/aromatic N) is 2.